The zero-order valence-electron chi connectivity index (χ0n) is 11.2. The summed E-state index contributed by atoms with van der Waals surface area (Å²) in [6.45, 7) is 3.45. The third kappa shape index (κ3) is 5.09. The number of nitrogens with zero attached hydrogens (tertiary/aromatic N) is 2. The third-order valence-corrected chi connectivity index (χ3v) is 2.51. The summed E-state index contributed by atoms with van der Waals surface area (Å²) in [6.07, 6.45) is 3.58. The number of aromatic hydroxyl groups is 1. The number of carbonyl (C=O) groups is 1. The molecule has 1 atom stereocenters. The van der Waals surface area contributed by atoms with Crippen LogP contribution in [0.5, 0.6) is 5.75 Å². The molecule has 4 N–H and O–H groups in total. The Morgan fingerprint density at radius 2 is 2.21 bits per heavy atom. The zero-order chi connectivity index (χ0) is 14.3. The van der Waals surface area contributed by atoms with Crippen molar-refractivity contribution in [2.45, 2.75) is 39.2 Å². The third-order valence-electron chi connectivity index (χ3n) is 2.51. The largest absolute Gasteiger partial charge is 0.503 e. The van der Waals surface area contributed by atoms with E-state index in [0.717, 1.165) is 12.8 Å². The lowest BCUT2D eigenvalue weighted by Crippen LogP contribution is -2.22. The zero-order valence-corrected chi connectivity index (χ0v) is 11.2. The van der Waals surface area contributed by atoms with Crippen LogP contribution in [-0.4, -0.2) is 38.7 Å². The van der Waals surface area contributed by atoms with Crippen LogP contribution in [0.15, 0.2) is 6.20 Å². The first-order chi connectivity index (χ1) is 9.06. The van der Waals surface area contributed by atoms with Crippen LogP contribution in [0.3, 0.4) is 0 Å². The van der Waals surface area contributed by atoms with Crippen molar-refractivity contribution in [3.05, 3.63) is 6.20 Å². The molecule has 0 radical (unpaired) electrons. The van der Waals surface area contributed by atoms with Crippen molar-refractivity contribution in [3.63, 3.8) is 0 Å². The first-order valence-electron chi connectivity index (χ1n) is 6.27. The first kappa shape index (κ1) is 15.2. The van der Waals surface area contributed by atoms with Crippen LogP contribution < -0.4 is 10.6 Å². The van der Waals surface area contributed by atoms with Crippen LogP contribution in [-0.2, 0) is 4.79 Å². The number of rotatable bonds is 7. The summed E-state index contributed by atoms with van der Waals surface area (Å²) in [5.41, 5.74) is 0. The number of nitrogens with one attached hydrogen (secondary N) is 2. The van der Waals surface area contributed by atoms with Gasteiger partial charge in [0, 0.05) is 19.6 Å². The monoisotopic (exact) mass is 268 g/mol. The molecule has 0 aliphatic heterocycles. The Morgan fingerprint density at radius 1 is 1.47 bits per heavy atom. The molecule has 0 aliphatic carbocycles. The summed E-state index contributed by atoms with van der Waals surface area (Å²) in [7, 11) is 0. The van der Waals surface area contributed by atoms with E-state index in [4.69, 9.17) is 5.11 Å². The molecule has 106 valence electrons. The van der Waals surface area contributed by atoms with E-state index in [-0.39, 0.29) is 36.1 Å². The molecule has 1 heterocycles. The molecule has 0 aromatic carbocycles. The molecule has 0 saturated heterocycles. The van der Waals surface area contributed by atoms with E-state index in [1.165, 1.54) is 13.1 Å². The minimum Gasteiger partial charge on any atom is -0.503 e. The maximum Gasteiger partial charge on any atom is 0.231 e. The summed E-state index contributed by atoms with van der Waals surface area (Å²) in [6, 6.07) is 0.0148. The van der Waals surface area contributed by atoms with Gasteiger partial charge in [-0.15, -0.1) is 0 Å². The SMILES string of the molecule is CCCC(CCO)Nc1nc(NC(C)=O)ncc1O. The van der Waals surface area contributed by atoms with Gasteiger partial charge in [0.1, 0.15) is 0 Å². The van der Waals surface area contributed by atoms with Gasteiger partial charge in [-0.3, -0.25) is 10.1 Å². The number of aromatic nitrogens is 2. The van der Waals surface area contributed by atoms with Crippen molar-refractivity contribution in [1.82, 2.24) is 9.97 Å². The van der Waals surface area contributed by atoms with E-state index in [2.05, 4.69) is 20.6 Å². The second-order valence-electron chi connectivity index (χ2n) is 4.25. The van der Waals surface area contributed by atoms with Gasteiger partial charge in [-0.05, 0) is 12.8 Å². The fraction of sp³-hybridized carbons (Fsp3) is 0.583. The normalized spacial score (nSPS) is 11.9. The predicted molar refractivity (Wildman–Crippen MR) is 72.0 cm³/mol. The molecule has 0 fully saturated rings. The van der Waals surface area contributed by atoms with Crippen LogP contribution >= 0.6 is 0 Å². The molecule has 1 amide bonds. The molecule has 0 saturated carbocycles. The molecule has 7 heteroatoms. The van der Waals surface area contributed by atoms with Crippen molar-refractivity contribution in [3.8, 4) is 5.75 Å². The topological polar surface area (TPSA) is 107 Å². The van der Waals surface area contributed by atoms with Gasteiger partial charge in [-0.2, -0.15) is 4.98 Å². The lowest BCUT2D eigenvalue weighted by molar-refractivity contribution is -0.114. The molecule has 7 nitrogen and oxygen atoms in total. The molecule has 0 bridgehead atoms. The lowest BCUT2D eigenvalue weighted by atomic mass is 10.1. The summed E-state index contributed by atoms with van der Waals surface area (Å²) in [5.74, 6) is 0.0166. The Labute approximate surface area is 112 Å². The van der Waals surface area contributed by atoms with E-state index in [1.54, 1.807) is 0 Å². The number of carbonyl (C=O) groups excluding carboxylic acids is 1. The van der Waals surface area contributed by atoms with E-state index in [1.807, 2.05) is 6.92 Å². The smallest absolute Gasteiger partial charge is 0.231 e. The molecule has 19 heavy (non-hydrogen) atoms. The molecule has 1 rings (SSSR count). The highest BCUT2D eigenvalue weighted by Gasteiger charge is 2.12. The standard InChI is InChI=1S/C12H20N4O3/c1-3-4-9(5-6-17)15-11-10(19)7-13-12(16-11)14-8(2)18/h7,9,17,19H,3-6H2,1-2H3,(H2,13,14,15,16,18). The summed E-state index contributed by atoms with van der Waals surface area (Å²) < 4.78 is 0. The highest BCUT2D eigenvalue weighted by molar-refractivity contribution is 5.86. The molecule has 1 aromatic heterocycles. The Bertz CT molecular complexity index is 419. The highest BCUT2D eigenvalue weighted by Crippen LogP contribution is 2.22. The fourth-order valence-corrected chi connectivity index (χ4v) is 1.69. The van der Waals surface area contributed by atoms with E-state index in [9.17, 15) is 9.90 Å². The number of hydrogen-bond donors (Lipinski definition) is 4. The maximum absolute atomic E-state index is 10.9. The van der Waals surface area contributed by atoms with Crippen LogP contribution in [0, 0.1) is 0 Å². The second-order valence-corrected chi connectivity index (χ2v) is 4.25. The van der Waals surface area contributed by atoms with Crippen molar-refractivity contribution < 1.29 is 15.0 Å². The fourth-order valence-electron chi connectivity index (χ4n) is 1.69. The van der Waals surface area contributed by atoms with Crippen molar-refractivity contribution in [2.75, 3.05) is 17.2 Å². The van der Waals surface area contributed by atoms with E-state index < -0.39 is 0 Å². The van der Waals surface area contributed by atoms with Gasteiger partial charge in [0.2, 0.25) is 11.9 Å². The number of amides is 1. The van der Waals surface area contributed by atoms with Gasteiger partial charge in [0.05, 0.1) is 6.20 Å². The predicted octanol–water partition coefficient (Wildman–Crippen LogP) is 1.10. The molecule has 0 spiro atoms. The van der Waals surface area contributed by atoms with Gasteiger partial charge >= 0.3 is 0 Å². The van der Waals surface area contributed by atoms with E-state index in [0.29, 0.717) is 6.42 Å². The highest BCUT2D eigenvalue weighted by atomic mass is 16.3. The summed E-state index contributed by atoms with van der Waals surface area (Å²) in [5, 5.41) is 24.2. The minimum absolute atomic E-state index is 0.0148. The number of aliphatic hydroxyl groups excluding tert-OH is 1. The number of anilines is 2. The van der Waals surface area contributed by atoms with Gasteiger partial charge in [0.15, 0.2) is 11.6 Å². The number of hydrogen-bond acceptors (Lipinski definition) is 6. The van der Waals surface area contributed by atoms with Crippen LogP contribution in [0.2, 0.25) is 0 Å². The lowest BCUT2D eigenvalue weighted by Gasteiger charge is -2.18. The van der Waals surface area contributed by atoms with Crippen LogP contribution in [0.4, 0.5) is 11.8 Å². The number of aliphatic hydroxyl groups is 1. The average molecular weight is 268 g/mol. The Hall–Kier alpha value is -1.89. The van der Waals surface area contributed by atoms with Gasteiger partial charge in [-0.1, -0.05) is 13.3 Å². The van der Waals surface area contributed by atoms with Crippen molar-refractivity contribution in [1.29, 1.82) is 0 Å². The average Bonchev–Trinajstić information content (AvgIpc) is 2.33. The quantitative estimate of drug-likeness (QED) is 0.590. The molecule has 1 unspecified atom stereocenters. The summed E-state index contributed by atoms with van der Waals surface area (Å²) in [4.78, 5) is 18.8. The molecule has 0 aliphatic rings. The molecular formula is C12H20N4O3. The Balaban J connectivity index is 2.82. The minimum atomic E-state index is -0.280. The first-order valence-corrected chi connectivity index (χ1v) is 6.27. The van der Waals surface area contributed by atoms with Crippen molar-refractivity contribution in [2.24, 2.45) is 0 Å². The Kier molecular flexibility index (Phi) is 6.01. The second kappa shape index (κ2) is 7.52. The van der Waals surface area contributed by atoms with Gasteiger partial charge < -0.3 is 15.5 Å². The van der Waals surface area contributed by atoms with Gasteiger partial charge in [-0.25, -0.2) is 4.98 Å². The molecule has 1 aromatic rings. The Morgan fingerprint density at radius 3 is 2.79 bits per heavy atom. The van der Waals surface area contributed by atoms with Gasteiger partial charge in [0.25, 0.3) is 0 Å². The van der Waals surface area contributed by atoms with E-state index >= 15 is 0 Å². The maximum atomic E-state index is 10.9. The van der Waals surface area contributed by atoms with Crippen LogP contribution in [0.25, 0.3) is 0 Å². The van der Waals surface area contributed by atoms with Crippen molar-refractivity contribution >= 4 is 17.7 Å². The molecular weight excluding hydrogens is 248 g/mol. The van der Waals surface area contributed by atoms with Crippen LogP contribution in [0.1, 0.15) is 33.1 Å². The summed E-state index contributed by atoms with van der Waals surface area (Å²) >= 11 is 0.